The van der Waals surface area contributed by atoms with Gasteiger partial charge < -0.3 is 5.32 Å². The van der Waals surface area contributed by atoms with Gasteiger partial charge in [0, 0.05) is 17.8 Å². The Balaban J connectivity index is 1.47. The van der Waals surface area contributed by atoms with Gasteiger partial charge in [0.25, 0.3) is 5.56 Å². The average molecular weight is 378 g/mol. The topological polar surface area (TPSA) is 94.2 Å². The Morgan fingerprint density at radius 3 is 2.68 bits per heavy atom. The van der Waals surface area contributed by atoms with Crippen LogP contribution < -0.4 is 10.9 Å². The van der Waals surface area contributed by atoms with Crippen LogP contribution in [0.3, 0.4) is 0 Å². The zero-order valence-electron chi connectivity index (χ0n) is 14.6. The van der Waals surface area contributed by atoms with E-state index in [2.05, 4.69) is 20.6 Å². The van der Waals surface area contributed by atoms with Gasteiger partial charge in [-0.25, -0.2) is 9.07 Å². The average Bonchev–Trinajstić information content (AvgIpc) is 3.12. The number of carbonyl (C=O) groups excluding carboxylic acids is 1. The van der Waals surface area contributed by atoms with Gasteiger partial charge in [-0.2, -0.15) is 5.10 Å². The van der Waals surface area contributed by atoms with Crippen LogP contribution >= 0.6 is 0 Å². The summed E-state index contributed by atoms with van der Waals surface area (Å²) in [6, 6.07) is 14.1. The molecule has 140 valence electrons. The molecule has 0 radical (unpaired) electrons. The van der Waals surface area contributed by atoms with Crippen LogP contribution in [0.25, 0.3) is 16.9 Å². The van der Waals surface area contributed by atoms with Crippen molar-refractivity contribution in [2.75, 3.05) is 0 Å². The summed E-state index contributed by atoms with van der Waals surface area (Å²) < 4.78 is 15.9. The minimum absolute atomic E-state index is 0.163. The van der Waals surface area contributed by atoms with E-state index < -0.39 is 11.5 Å². The highest BCUT2D eigenvalue weighted by Crippen LogP contribution is 2.15. The molecule has 4 aromatic rings. The van der Waals surface area contributed by atoms with E-state index in [4.69, 9.17) is 0 Å². The molecule has 0 aliphatic carbocycles. The van der Waals surface area contributed by atoms with E-state index in [1.54, 1.807) is 22.7 Å². The van der Waals surface area contributed by atoms with Gasteiger partial charge in [-0.3, -0.25) is 14.0 Å². The van der Waals surface area contributed by atoms with Crippen molar-refractivity contribution in [3.63, 3.8) is 0 Å². The van der Waals surface area contributed by atoms with Crippen LogP contribution in [0.2, 0.25) is 0 Å². The summed E-state index contributed by atoms with van der Waals surface area (Å²) in [6.07, 6.45) is 1.80. The summed E-state index contributed by atoms with van der Waals surface area (Å²) in [5.41, 5.74) is 1.38. The van der Waals surface area contributed by atoms with Crippen LogP contribution in [-0.2, 0) is 17.9 Å². The normalized spacial score (nSPS) is 10.9. The number of amides is 1. The van der Waals surface area contributed by atoms with Crippen LogP contribution in [0, 0.1) is 5.82 Å². The van der Waals surface area contributed by atoms with Crippen molar-refractivity contribution < 1.29 is 9.18 Å². The maximum atomic E-state index is 13.1. The molecule has 28 heavy (non-hydrogen) atoms. The zero-order chi connectivity index (χ0) is 19.5. The molecule has 0 aliphatic rings. The Morgan fingerprint density at radius 1 is 1.04 bits per heavy atom. The summed E-state index contributed by atoms with van der Waals surface area (Å²) in [6.45, 7) is -0.0823. The summed E-state index contributed by atoms with van der Waals surface area (Å²) >= 11 is 0. The van der Waals surface area contributed by atoms with Gasteiger partial charge in [-0.05, 0) is 42.5 Å². The first-order valence-electron chi connectivity index (χ1n) is 8.49. The number of nitrogens with zero attached hydrogens (tertiary/aromatic N) is 5. The van der Waals surface area contributed by atoms with Gasteiger partial charge in [0.2, 0.25) is 5.91 Å². The number of hydrogen-bond acceptors (Lipinski definition) is 5. The Morgan fingerprint density at radius 2 is 1.86 bits per heavy atom. The largest absolute Gasteiger partial charge is 0.347 e. The second-order valence-corrected chi connectivity index (χ2v) is 6.04. The molecule has 0 saturated heterocycles. The number of pyridine rings is 1. The number of nitrogens with one attached hydrogen (secondary N) is 1. The minimum atomic E-state index is -0.408. The summed E-state index contributed by atoms with van der Waals surface area (Å²) in [4.78, 5) is 24.3. The fourth-order valence-corrected chi connectivity index (χ4v) is 2.72. The molecule has 0 bridgehead atoms. The molecule has 0 aliphatic heterocycles. The highest BCUT2D eigenvalue weighted by molar-refractivity contribution is 5.75. The predicted molar refractivity (Wildman–Crippen MR) is 98.7 cm³/mol. The number of carbonyl (C=O) groups is 1. The van der Waals surface area contributed by atoms with Crippen molar-refractivity contribution in [3.8, 4) is 11.3 Å². The van der Waals surface area contributed by atoms with Crippen molar-refractivity contribution in [1.29, 1.82) is 0 Å². The molecular formula is C19H15FN6O2. The van der Waals surface area contributed by atoms with E-state index in [1.165, 1.54) is 24.3 Å². The van der Waals surface area contributed by atoms with Crippen LogP contribution in [0.5, 0.6) is 0 Å². The Bertz CT molecular complexity index is 1200. The second-order valence-electron chi connectivity index (χ2n) is 6.04. The number of aromatic nitrogens is 5. The van der Waals surface area contributed by atoms with Gasteiger partial charge in [0.1, 0.15) is 12.4 Å². The minimum Gasteiger partial charge on any atom is -0.347 e. The van der Waals surface area contributed by atoms with Gasteiger partial charge in [-0.15, -0.1) is 10.2 Å². The number of benzene rings is 1. The van der Waals surface area contributed by atoms with Crippen molar-refractivity contribution in [2.24, 2.45) is 0 Å². The lowest BCUT2D eigenvalue weighted by Gasteiger charge is -2.08. The first kappa shape index (κ1) is 17.5. The summed E-state index contributed by atoms with van der Waals surface area (Å²) in [5.74, 6) is -0.180. The Hall–Kier alpha value is -3.88. The number of halogens is 1. The molecule has 8 nitrogen and oxygen atoms in total. The molecule has 0 atom stereocenters. The highest BCUT2D eigenvalue weighted by atomic mass is 19.1. The smallest absolute Gasteiger partial charge is 0.267 e. The van der Waals surface area contributed by atoms with Gasteiger partial charge in [0.15, 0.2) is 11.5 Å². The van der Waals surface area contributed by atoms with E-state index >= 15 is 0 Å². The van der Waals surface area contributed by atoms with Crippen molar-refractivity contribution in [3.05, 3.63) is 82.8 Å². The third-order valence-electron chi connectivity index (χ3n) is 4.13. The van der Waals surface area contributed by atoms with Crippen LogP contribution in [-0.4, -0.2) is 30.3 Å². The van der Waals surface area contributed by atoms with Crippen LogP contribution in [0.1, 0.15) is 5.82 Å². The molecule has 1 aromatic carbocycles. The molecule has 3 aromatic heterocycles. The van der Waals surface area contributed by atoms with Crippen molar-refractivity contribution in [1.82, 2.24) is 29.7 Å². The second kappa shape index (κ2) is 7.39. The molecule has 9 heteroatoms. The van der Waals surface area contributed by atoms with Crippen molar-refractivity contribution >= 4 is 11.6 Å². The monoisotopic (exact) mass is 378 g/mol. The highest BCUT2D eigenvalue weighted by Gasteiger charge is 2.10. The van der Waals surface area contributed by atoms with Gasteiger partial charge in [0.05, 0.1) is 12.2 Å². The van der Waals surface area contributed by atoms with E-state index in [1.807, 2.05) is 18.2 Å². The SMILES string of the molecule is O=C(Cn1nc(-c2ccc(F)cc2)ccc1=O)NCc1nnc2ccccn12. The van der Waals surface area contributed by atoms with Crippen LogP contribution in [0.4, 0.5) is 4.39 Å². The molecule has 1 amide bonds. The molecule has 0 saturated carbocycles. The maximum absolute atomic E-state index is 13.1. The van der Waals surface area contributed by atoms with E-state index in [9.17, 15) is 14.0 Å². The molecule has 0 fully saturated rings. The standard InChI is InChI=1S/C19H15FN6O2/c20-14-6-4-13(5-7-14)15-8-9-19(28)26(24-15)12-18(27)21-11-17-23-22-16-3-1-2-10-25(16)17/h1-10H,11-12H2,(H,21,27). The first-order chi connectivity index (χ1) is 13.6. The summed E-state index contributed by atoms with van der Waals surface area (Å²) in [5, 5.41) is 15.0. The van der Waals surface area contributed by atoms with E-state index in [0.29, 0.717) is 22.7 Å². The number of fused-ring (bicyclic) bond motifs is 1. The lowest BCUT2D eigenvalue weighted by molar-refractivity contribution is -0.122. The number of hydrogen-bond donors (Lipinski definition) is 1. The molecular weight excluding hydrogens is 363 g/mol. The Labute approximate surface area is 158 Å². The lowest BCUT2D eigenvalue weighted by Crippen LogP contribution is -2.33. The Kier molecular flexibility index (Phi) is 4.63. The zero-order valence-corrected chi connectivity index (χ0v) is 14.6. The van der Waals surface area contributed by atoms with E-state index in [-0.39, 0.29) is 18.9 Å². The first-order valence-corrected chi connectivity index (χ1v) is 8.49. The fraction of sp³-hybridized carbons (Fsp3) is 0.105. The molecule has 0 spiro atoms. The predicted octanol–water partition coefficient (Wildman–Crippen LogP) is 1.41. The lowest BCUT2D eigenvalue weighted by atomic mass is 10.1. The molecule has 3 heterocycles. The third kappa shape index (κ3) is 3.63. The van der Waals surface area contributed by atoms with E-state index in [0.717, 1.165) is 4.68 Å². The summed E-state index contributed by atoms with van der Waals surface area (Å²) in [7, 11) is 0. The van der Waals surface area contributed by atoms with Gasteiger partial charge >= 0.3 is 0 Å². The van der Waals surface area contributed by atoms with Crippen molar-refractivity contribution in [2.45, 2.75) is 13.1 Å². The number of rotatable bonds is 5. The van der Waals surface area contributed by atoms with Crippen LogP contribution in [0.15, 0.2) is 65.6 Å². The fourth-order valence-electron chi connectivity index (χ4n) is 2.72. The quantitative estimate of drug-likeness (QED) is 0.567. The molecule has 1 N–H and O–H groups in total. The van der Waals surface area contributed by atoms with Gasteiger partial charge in [-0.1, -0.05) is 6.07 Å². The maximum Gasteiger partial charge on any atom is 0.267 e. The molecule has 4 rings (SSSR count). The molecule has 0 unspecified atom stereocenters. The third-order valence-corrected chi connectivity index (χ3v) is 4.13.